The topological polar surface area (TPSA) is 36.0 Å². The summed E-state index contributed by atoms with van der Waals surface area (Å²) in [5.41, 5.74) is 3.68. The summed E-state index contributed by atoms with van der Waals surface area (Å²) in [6, 6.07) is 16.8. The minimum atomic E-state index is 0.219. The number of hydrogen-bond donors (Lipinski definition) is 0. The van der Waals surface area contributed by atoms with Gasteiger partial charge in [-0.25, -0.2) is 0 Å². The molecule has 1 saturated heterocycles. The molecule has 0 radical (unpaired) electrons. The molecule has 2 aliphatic rings. The van der Waals surface area contributed by atoms with Gasteiger partial charge in [-0.15, -0.1) is 0 Å². The van der Waals surface area contributed by atoms with Gasteiger partial charge in [0, 0.05) is 50.4 Å². The van der Waals surface area contributed by atoms with Crippen LogP contribution >= 0.6 is 0 Å². The summed E-state index contributed by atoms with van der Waals surface area (Å²) >= 11 is 0. The summed E-state index contributed by atoms with van der Waals surface area (Å²) < 4.78 is 5.23. The van der Waals surface area contributed by atoms with Crippen LogP contribution in [0.1, 0.15) is 30.9 Å². The van der Waals surface area contributed by atoms with Gasteiger partial charge in [-0.2, -0.15) is 0 Å². The zero-order valence-corrected chi connectivity index (χ0v) is 17.7. The molecule has 0 spiro atoms. The van der Waals surface area contributed by atoms with Crippen LogP contribution in [0, 0.1) is 0 Å². The number of rotatable bonds is 5. The van der Waals surface area contributed by atoms with Gasteiger partial charge in [0.05, 0.1) is 13.7 Å². The van der Waals surface area contributed by atoms with Gasteiger partial charge in [-0.05, 0) is 36.2 Å². The van der Waals surface area contributed by atoms with Crippen molar-refractivity contribution in [1.82, 2.24) is 9.80 Å². The van der Waals surface area contributed by atoms with Gasteiger partial charge in [0.1, 0.15) is 5.75 Å². The van der Waals surface area contributed by atoms with Crippen molar-refractivity contribution in [2.75, 3.05) is 44.7 Å². The molecule has 1 fully saturated rings. The number of methoxy groups -OCH3 is 1. The molecule has 0 N–H and O–H groups in total. The molecule has 0 unspecified atom stereocenters. The molecule has 29 heavy (non-hydrogen) atoms. The lowest BCUT2D eigenvalue weighted by Gasteiger charge is -2.35. The minimum Gasteiger partial charge on any atom is -0.497 e. The minimum absolute atomic E-state index is 0.219. The summed E-state index contributed by atoms with van der Waals surface area (Å²) in [4.78, 5) is 19.9. The normalized spacial score (nSPS) is 22.5. The lowest BCUT2D eigenvalue weighted by Crippen LogP contribution is -2.50. The summed E-state index contributed by atoms with van der Waals surface area (Å²) in [6.45, 7) is 9.66. The molecule has 2 aromatic rings. The first-order chi connectivity index (χ1) is 14.1. The molecule has 1 amide bonds. The van der Waals surface area contributed by atoms with Crippen LogP contribution < -0.4 is 9.64 Å². The number of ether oxygens (including phenoxy) is 1. The lowest BCUT2D eigenvalue weighted by molar-refractivity contribution is -0.120. The van der Waals surface area contributed by atoms with E-state index in [1.54, 1.807) is 7.11 Å². The van der Waals surface area contributed by atoms with E-state index in [0.717, 1.165) is 44.2 Å². The van der Waals surface area contributed by atoms with Gasteiger partial charge >= 0.3 is 0 Å². The predicted molar refractivity (Wildman–Crippen MR) is 117 cm³/mol. The summed E-state index contributed by atoms with van der Waals surface area (Å²) in [5.74, 6) is 1.50. The highest BCUT2D eigenvalue weighted by Crippen LogP contribution is 2.40. The summed E-state index contributed by atoms with van der Waals surface area (Å²) in [7, 11) is 1.69. The third-order valence-electron chi connectivity index (χ3n) is 6.48. The van der Waals surface area contributed by atoms with E-state index >= 15 is 0 Å². The van der Waals surface area contributed by atoms with Gasteiger partial charge in [0.2, 0.25) is 5.91 Å². The van der Waals surface area contributed by atoms with Crippen molar-refractivity contribution < 1.29 is 9.53 Å². The third kappa shape index (κ3) is 4.16. The number of benzene rings is 2. The Kier molecular flexibility index (Phi) is 5.88. The average Bonchev–Trinajstić information content (AvgIpc) is 3.00. The van der Waals surface area contributed by atoms with Crippen molar-refractivity contribution in [1.29, 1.82) is 0 Å². The smallest absolute Gasteiger partial charge is 0.241 e. The van der Waals surface area contributed by atoms with Crippen LogP contribution in [0.2, 0.25) is 0 Å². The van der Waals surface area contributed by atoms with Gasteiger partial charge in [-0.3, -0.25) is 14.6 Å². The highest BCUT2D eigenvalue weighted by atomic mass is 16.5. The Morgan fingerprint density at radius 1 is 0.966 bits per heavy atom. The van der Waals surface area contributed by atoms with Crippen molar-refractivity contribution >= 4 is 11.6 Å². The number of nitrogens with zero attached hydrogens (tertiary/aromatic N) is 3. The van der Waals surface area contributed by atoms with E-state index in [1.165, 1.54) is 11.1 Å². The Balaban J connectivity index is 1.31. The maximum absolute atomic E-state index is 13.1. The molecule has 0 aromatic heterocycles. The number of amides is 1. The van der Waals surface area contributed by atoms with Gasteiger partial charge in [0.15, 0.2) is 0 Å². The second-order valence-corrected chi connectivity index (χ2v) is 8.25. The highest BCUT2D eigenvalue weighted by Gasteiger charge is 2.36. The largest absolute Gasteiger partial charge is 0.497 e. The zero-order valence-electron chi connectivity index (χ0n) is 17.7. The fourth-order valence-electron chi connectivity index (χ4n) is 4.52. The van der Waals surface area contributed by atoms with Gasteiger partial charge < -0.3 is 9.64 Å². The van der Waals surface area contributed by atoms with E-state index in [4.69, 9.17) is 4.74 Å². The number of para-hydroxylation sites is 1. The Morgan fingerprint density at radius 2 is 1.62 bits per heavy atom. The maximum atomic E-state index is 13.1. The van der Waals surface area contributed by atoms with Gasteiger partial charge in [-0.1, -0.05) is 37.3 Å². The SMILES string of the molecule is COc1ccc(CN2CCN(CC(=O)N3c4ccccc4[C@@H](C)[C@H]3C)CC2)cc1. The van der Waals surface area contributed by atoms with Crippen LogP contribution in [0.5, 0.6) is 5.75 Å². The number of hydrogen-bond acceptors (Lipinski definition) is 4. The summed E-state index contributed by atoms with van der Waals surface area (Å²) in [6.07, 6.45) is 0. The van der Waals surface area contributed by atoms with Crippen LogP contribution in [-0.4, -0.2) is 61.6 Å². The Hall–Kier alpha value is -2.37. The highest BCUT2D eigenvalue weighted by molar-refractivity contribution is 5.97. The van der Waals surface area contributed by atoms with E-state index in [0.29, 0.717) is 12.5 Å². The molecular formula is C24H31N3O2. The first kappa shape index (κ1) is 19.9. The molecule has 5 nitrogen and oxygen atoms in total. The molecule has 2 aromatic carbocycles. The van der Waals surface area contributed by atoms with Crippen molar-refractivity contribution in [2.45, 2.75) is 32.4 Å². The average molecular weight is 394 g/mol. The molecule has 0 bridgehead atoms. The van der Waals surface area contributed by atoms with Crippen LogP contribution in [0.25, 0.3) is 0 Å². The molecule has 154 valence electrons. The van der Waals surface area contributed by atoms with E-state index in [9.17, 15) is 4.79 Å². The van der Waals surface area contributed by atoms with Crippen molar-refractivity contribution in [3.8, 4) is 5.75 Å². The van der Waals surface area contributed by atoms with Crippen LogP contribution in [-0.2, 0) is 11.3 Å². The van der Waals surface area contributed by atoms with E-state index in [-0.39, 0.29) is 11.9 Å². The molecule has 2 aliphatic heterocycles. The maximum Gasteiger partial charge on any atom is 0.241 e. The molecule has 5 heteroatoms. The van der Waals surface area contributed by atoms with Crippen LogP contribution in [0.3, 0.4) is 0 Å². The first-order valence-corrected chi connectivity index (χ1v) is 10.6. The fraction of sp³-hybridized carbons (Fsp3) is 0.458. The molecule has 2 atom stereocenters. The quantitative estimate of drug-likeness (QED) is 0.781. The summed E-state index contributed by atoms with van der Waals surface area (Å²) in [5, 5.41) is 0. The monoisotopic (exact) mass is 393 g/mol. The Morgan fingerprint density at radius 3 is 2.31 bits per heavy atom. The van der Waals surface area contributed by atoms with Crippen LogP contribution in [0.4, 0.5) is 5.69 Å². The fourth-order valence-corrected chi connectivity index (χ4v) is 4.52. The molecule has 0 saturated carbocycles. The van der Waals surface area contributed by atoms with Crippen LogP contribution in [0.15, 0.2) is 48.5 Å². The van der Waals surface area contributed by atoms with Crippen molar-refractivity contribution in [2.24, 2.45) is 0 Å². The second-order valence-electron chi connectivity index (χ2n) is 8.25. The number of anilines is 1. The van der Waals surface area contributed by atoms with E-state index in [2.05, 4.69) is 54.0 Å². The lowest BCUT2D eigenvalue weighted by atomic mass is 9.98. The zero-order chi connectivity index (χ0) is 20.4. The van der Waals surface area contributed by atoms with E-state index in [1.807, 2.05) is 23.1 Å². The molecular weight excluding hydrogens is 362 g/mol. The number of carbonyl (C=O) groups is 1. The number of piperazine rings is 1. The Labute approximate surface area is 173 Å². The predicted octanol–water partition coefficient (Wildman–Crippen LogP) is 3.35. The van der Waals surface area contributed by atoms with E-state index < -0.39 is 0 Å². The third-order valence-corrected chi connectivity index (χ3v) is 6.48. The van der Waals surface area contributed by atoms with Crippen molar-refractivity contribution in [3.63, 3.8) is 0 Å². The van der Waals surface area contributed by atoms with Gasteiger partial charge in [0.25, 0.3) is 0 Å². The molecule has 4 rings (SSSR count). The van der Waals surface area contributed by atoms with Crippen molar-refractivity contribution in [3.05, 3.63) is 59.7 Å². The Bertz CT molecular complexity index is 843. The second kappa shape index (κ2) is 8.56. The first-order valence-electron chi connectivity index (χ1n) is 10.6. The number of carbonyl (C=O) groups excluding carboxylic acids is 1. The number of fused-ring (bicyclic) bond motifs is 1. The standard InChI is InChI=1S/C24H31N3O2/c1-18-19(2)27(23-7-5-4-6-22(18)23)24(28)17-26-14-12-25(13-15-26)16-20-8-10-21(29-3)11-9-20/h4-11,18-19H,12-17H2,1-3H3/t18-,19+/m0/s1. The molecule has 2 heterocycles. The molecule has 0 aliphatic carbocycles.